The molecule has 4 nitrogen and oxygen atoms in total. The maximum Gasteiger partial charge on any atom is 0.146 e. The van der Waals surface area contributed by atoms with Crippen LogP contribution in [0.25, 0.3) is 0 Å². The number of benzene rings is 1. The van der Waals surface area contributed by atoms with Crippen molar-refractivity contribution < 1.29 is 4.39 Å². The fourth-order valence-electron chi connectivity index (χ4n) is 2.73. The molecule has 2 aromatic rings. The van der Waals surface area contributed by atoms with Crippen molar-refractivity contribution in [1.29, 1.82) is 0 Å². The van der Waals surface area contributed by atoms with Gasteiger partial charge in [0.2, 0.25) is 0 Å². The summed E-state index contributed by atoms with van der Waals surface area (Å²) in [5.74, 6) is 1.20. The van der Waals surface area contributed by atoms with Crippen LogP contribution in [-0.2, 0) is 0 Å². The topological polar surface area (TPSA) is 32.3 Å². The van der Waals surface area contributed by atoms with E-state index in [1.54, 1.807) is 12.4 Å². The van der Waals surface area contributed by atoms with Crippen molar-refractivity contribution in [2.75, 3.05) is 36.0 Å². The van der Waals surface area contributed by atoms with Crippen molar-refractivity contribution in [1.82, 2.24) is 9.97 Å². The van der Waals surface area contributed by atoms with Crippen LogP contribution in [-0.4, -0.2) is 36.1 Å². The van der Waals surface area contributed by atoms with Gasteiger partial charge in [-0.15, -0.1) is 0 Å². The van der Waals surface area contributed by atoms with Crippen molar-refractivity contribution >= 4 is 11.5 Å². The van der Waals surface area contributed by atoms with E-state index in [1.165, 1.54) is 6.07 Å². The number of anilines is 2. The van der Waals surface area contributed by atoms with Gasteiger partial charge >= 0.3 is 0 Å². The Balaban J connectivity index is 1.69. The smallest absolute Gasteiger partial charge is 0.146 e. The Kier molecular flexibility index (Phi) is 4.22. The van der Waals surface area contributed by atoms with Crippen molar-refractivity contribution in [3.63, 3.8) is 0 Å². The second kappa shape index (κ2) is 6.30. The van der Waals surface area contributed by atoms with Gasteiger partial charge in [0.1, 0.15) is 18.0 Å². The standard InChI is InChI=1S/C17H21FN4/c1-13(2)15-11-17(20-12-19-15)22-9-7-21(8-10-22)16-6-4-3-5-14(16)18/h3-6,11-13H,7-10H2,1-2H3. The van der Waals surface area contributed by atoms with Gasteiger partial charge in [-0.2, -0.15) is 0 Å². The summed E-state index contributed by atoms with van der Waals surface area (Å²) in [5, 5.41) is 0. The Morgan fingerprint density at radius 1 is 1.00 bits per heavy atom. The average molecular weight is 300 g/mol. The van der Waals surface area contributed by atoms with Crippen LogP contribution in [0.3, 0.4) is 0 Å². The maximum absolute atomic E-state index is 13.9. The maximum atomic E-state index is 13.9. The molecule has 116 valence electrons. The first-order chi connectivity index (χ1) is 10.6. The molecule has 0 saturated carbocycles. The van der Waals surface area contributed by atoms with Gasteiger partial charge in [-0.05, 0) is 18.1 Å². The molecular formula is C17H21FN4. The van der Waals surface area contributed by atoms with E-state index in [0.29, 0.717) is 11.6 Å². The van der Waals surface area contributed by atoms with E-state index in [-0.39, 0.29) is 5.82 Å². The first-order valence-electron chi connectivity index (χ1n) is 7.71. The molecule has 1 fully saturated rings. The van der Waals surface area contributed by atoms with Gasteiger partial charge < -0.3 is 9.80 Å². The Bertz CT molecular complexity index is 636. The van der Waals surface area contributed by atoms with Gasteiger partial charge in [0.15, 0.2) is 0 Å². The molecule has 1 aliphatic rings. The van der Waals surface area contributed by atoms with Crippen LogP contribution in [0.2, 0.25) is 0 Å². The third-order valence-corrected chi connectivity index (χ3v) is 4.06. The second-order valence-electron chi connectivity index (χ2n) is 5.88. The Hall–Kier alpha value is -2.17. The van der Waals surface area contributed by atoms with Crippen LogP contribution in [0.1, 0.15) is 25.5 Å². The van der Waals surface area contributed by atoms with Crippen LogP contribution >= 0.6 is 0 Å². The monoisotopic (exact) mass is 300 g/mol. The van der Waals surface area contributed by atoms with Crippen molar-refractivity contribution in [3.8, 4) is 0 Å². The number of para-hydroxylation sites is 1. The molecule has 22 heavy (non-hydrogen) atoms. The number of nitrogens with zero attached hydrogens (tertiary/aromatic N) is 4. The van der Waals surface area contributed by atoms with Gasteiger partial charge in [0.25, 0.3) is 0 Å². The van der Waals surface area contributed by atoms with Crippen LogP contribution < -0.4 is 9.80 Å². The molecule has 0 aliphatic carbocycles. The summed E-state index contributed by atoms with van der Waals surface area (Å²) < 4.78 is 13.9. The van der Waals surface area contributed by atoms with E-state index in [4.69, 9.17) is 0 Å². The molecule has 3 rings (SSSR count). The summed E-state index contributed by atoms with van der Waals surface area (Å²) >= 11 is 0. The number of piperazine rings is 1. The zero-order valence-corrected chi connectivity index (χ0v) is 13.0. The van der Waals surface area contributed by atoms with E-state index in [0.717, 1.165) is 37.7 Å². The summed E-state index contributed by atoms with van der Waals surface area (Å²) in [6.45, 7) is 7.51. The van der Waals surface area contributed by atoms with E-state index < -0.39 is 0 Å². The molecule has 1 aromatic heterocycles. The molecule has 1 aromatic carbocycles. The van der Waals surface area contributed by atoms with Gasteiger partial charge in [0.05, 0.1) is 5.69 Å². The molecule has 0 bridgehead atoms. The van der Waals surface area contributed by atoms with Gasteiger partial charge in [-0.25, -0.2) is 14.4 Å². The fraction of sp³-hybridized carbons (Fsp3) is 0.412. The highest BCUT2D eigenvalue weighted by Crippen LogP contribution is 2.23. The normalized spacial score (nSPS) is 15.5. The lowest BCUT2D eigenvalue weighted by Crippen LogP contribution is -2.47. The van der Waals surface area contributed by atoms with Gasteiger partial charge in [-0.3, -0.25) is 0 Å². The minimum atomic E-state index is -0.153. The molecule has 0 unspecified atom stereocenters. The molecule has 0 amide bonds. The zero-order valence-electron chi connectivity index (χ0n) is 13.0. The number of rotatable bonds is 3. The third-order valence-electron chi connectivity index (χ3n) is 4.06. The fourth-order valence-corrected chi connectivity index (χ4v) is 2.73. The molecule has 0 N–H and O–H groups in total. The van der Waals surface area contributed by atoms with Crippen LogP contribution in [0.5, 0.6) is 0 Å². The van der Waals surface area contributed by atoms with Crippen molar-refractivity contribution in [3.05, 3.63) is 48.2 Å². The molecule has 0 spiro atoms. The minimum Gasteiger partial charge on any atom is -0.366 e. The van der Waals surface area contributed by atoms with E-state index in [1.807, 2.05) is 12.1 Å². The highest BCUT2D eigenvalue weighted by molar-refractivity contribution is 5.50. The summed E-state index contributed by atoms with van der Waals surface area (Å²) in [4.78, 5) is 13.0. The number of hydrogen-bond donors (Lipinski definition) is 0. The third kappa shape index (κ3) is 3.03. The first-order valence-corrected chi connectivity index (χ1v) is 7.71. The van der Waals surface area contributed by atoms with Crippen LogP contribution in [0, 0.1) is 5.82 Å². The molecular weight excluding hydrogens is 279 g/mol. The molecule has 0 atom stereocenters. The SMILES string of the molecule is CC(C)c1cc(N2CCN(c3ccccc3F)CC2)ncn1. The summed E-state index contributed by atoms with van der Waals surface area (Å²) in [6.07, 6.45) is 1.63. The number of aromatic nitrogens is 2. The largest absolute Gasteiger partial charge is 0.366 e. The van der Waals surface area contributed by atoms with E-state index >= 15 is 0 Å². The molecule has 2 heterocycles. The molecule has 1 saturated heterocycles. The summed E-state index contributed by atoms with van der Waals surface area (Å²) in [6, 6.07) is 9.02. The van der Waals surface area contributed by atoms with Gasteiger partial charge in [-0.1, -0.05) is 26.0 Å². The quantitative estimate of drug-likeness (QED) is 0.872. The summed E-state index contributed by atoms with van der Waals surface area (Å²) in [7, 11) is 0. The number of hydrogen-bond acceptors (Lipinski definition) is 4. The van der Waals surface area contributed by atoms with Crippen molar-refractivity contribution in [2.45, 2.75) is 19.8 Å². The highest BCUT2D eigenvalue weighted by Gasteiger charge is 2.20. The second-order valence-corrected chi connectivity index (χ2v) is 5.88. The Morgan fingerprint density at radius 2 is 1.68 bits per heavy atom. The molecule has 1 aliphatic heterocycles. The Morgan fingerprint density at radius 3 is 2.36 bits per heavy atom. The van der Waals surface area contributed by atoms with E-state index in [2.05, 4.69) is 39.7 Å². The minimum absolute atomic E-state index is 0.153. The predicted octanol–water partition coefficient (Wildman–Crippen LogP) is 3.07. The molecule has 0 radical (unpaired) electrons. The predicted molar refractivity (Wildman–Crippen MR) is 86.9 cm³/mol. The number of halogens is 1. The van der Waals surface area contributed by atoms with Gasteiger partial charge in [0, 0.05) is 37.9 Å². The lowest BCUT2D eigenvalue weighted by molar-refractivity contribution is 0.595. The Labute approximate surface area is 130 Å². The average Bonchev–Trinajstić information content (AvgIpc) is 2.56. The first kappa shape index (κ1) is 14.8. The molecule has 5 heteroatoms. The lowest BCUT2D eigenvalue weighted by atomic mass is 10.1. The zero-order chi connectivity index (χ0) is 15.5. The lowest BCUT2D eigenvalue weighted by Gasteiger charge is -2.36. The highest BCUT2D eigenvalue weighted by atomic mass is 19.1. The van der Waals surface area contributed by atoms with Crippen LogP contribution in [0.15, 0.2) is 36.7 Å². The van der Waals surface area contributed by atoms with Crippen LogP contribution in [0.4, 0.5) is 15.9 Å². The summed E-state index contributed by atoms with van der Waals surface area (Å²) in [5.41, 5.74) is 1.74. The van der Waals surface area contributed by atoms with E-state index in [9.17, 15) is 4.39 Å². The van der Waals surface area contributed by atoms with Crippen molar-refractivity contribution in [2.24, 2.45) is 0 Å².